The molecule has 0 amide bonds. The molecule has 1 fully saturated rings. The topological polar surface area (TPSA) is 107 Å². The van der Waals surface area contributed by atoms with Crippen LogP contribution in [0.25, 0.3) is 0 Å². The molecule has 3 N–H and O–H groups in total. The van der Waals surface area contributed by atoms with Crippen LogP contribution in [0.15, 0.2) is 17.3 Å². The van der Waals surface area contributed by atoms with Gasteiger partial charge in [-0.3, -0.25) is 0 Å². The molecule has 2 rings (SSSR count). The van der Waals surface area contributed by atoms with E-state index in [0.29, 0.717) is 13.2 Å². The van der Waals surface area contributed by atoms with Crippen LogP contribution in [0.2, 0.25) is 0 Å². The average molecular weight is 286 g/mol. The highest BCUT2D eigenvalue weighted by Crippen LogP contribution is 2.23. The quantitative estimate of drug-likeness (QED) is 0.798. The van der Waals surface area contributed by atoms with Gasteiger partial charge in [0.2, 0.25) is 16.0 Å². The number of rotatable bonds is 5. The lowest BCUT2D eigenvalue weighted by Gasteiger charge is -2.17. The zero-order valence-corrected chi connectivity index (χ0v) is 11.6. The van der Waals surface area contributed by atoms with Crippen LogP contribution < -0.4 is 10.5 Å². The number of hydrogen-bond donors (Lipinski definition) is 2. The van der Waals surface area contributed by atoms with E-state index in [4.69, 9.17) is 10.5 Å². The smallest absolute Gasteiger partial charge is 0.243 e. The number of nitrogens with one attached hydrogen (secondary N) is 1. The summed E-state index contributed by atoms with van der Waals surface area (Å²) >= 11 is 0. The molecule has 0 saturated carbocycles. The van der Waals surface area contributed by atoms with E-state index in [2.05, 4.69) is 14.7 Å². The van der Waals surface area contributed by atoms with Gasteiger partial charge in [0.05, 0.1) is 18.5 Å². The number of anilines is 1. The third-order valence-electron chi connectivity index (χ3n) is 3.24. The summed E-state index contributed by atoms with van der Waals surface area (Å²) in [6.07, 6.45) is 4.29. The predicted molar refractivity (Wildman–Crippen MR) is 69.8 cm³/mol. The summed E-state index contributed by atoms with van der Waals surface area (Å²) in [5, 5.41) is 0. The fourth-order valence-electron chi connectivity index (χ4n) is 2.14. The lowest BCUT2D eigenvalue weighted by molar-refractivity contribution is 0.0884. The molecule has 0 aromatic carbocycles. The van der Waals surface area contributed by atoms with Crippen LogP contribution in [0.1, 0.15) is 19.8 Å². The summed E-state index contributed by atoms with van der Waals surface area (Å²) in [5.74, 6) is 0.267. The molecule has 1 aliphatic rings. The molecule has 2 unspecified atom stereocenters. The average Bonchev–Trinajstić information content (AvgIpc) is 2.84. The molecule has 1 aromatic rings. The van der Waals surface area contributed by atoms with E-state index in [9.17, 15) is 8.42 Å². The number of nitrogens with zero attached hydrogens (tertiary/aromatic N) is 2. The van der Waals surface area contributed by atoms with Crippen molar-refractivity contribution in [3.05, 3.63) is 12.4 Å². The zero-order chi connectivity index (χ0) is 13.9. The van der Waals surface area contributed by atoms with E-state index in [-0.39, 0.29) is 22.9 Å². The predicted octanol–water partition coefficient (Wildman–Crippen LogP) is 0.152. The van der Waals surface area contributed by atoms with Gasteiger partial charge in [-0.15, -0.1) is 0 Å². The van der Waals surface area contributed by atoms with Gasteiger partial charge in [-0.2, -0.15) is 0 Å². The van der Waals surface area contributed by atoms with Crippen molar-refractivity contribution in [2.45, 2.75) is 30.8 Å². The first-order valence-corrected chi connectivity index (χ1v) is 7.70. The van der Waals surface area contributed by atoms with Crippen LogP contribution in [-0.4, -0.2) is 37.6 Å². The minimum atomic E-state index is -3.58. The maximum absolute atomic E-state index is 12.0. The van der Waals surface area contributed by atoms with Crippen molar-refractivity contribution in [2.24, 2.45) is 5.92 Å². The van der Waals surface area contributed by atoms with Gasteiger partial charge in [0.25, 0.3) is 0 Å². The summed E-state index contributed by atoms with van der Waals surface area (Å²) in [7, 11) is -3.58. The summed E-state index contributed by atoms with van der Waals surface area (Å²) in [6.45, 7) is 3.09. The second-order valence-corrected chi connectivity index (χ2v) is 6.26. The molecular weight excluding hydrogens is 268 g/mol. The van der Waals surface area contributed by atoms with Crippen molar-refractivity contribution in [3.8, 4) is 0 Å². The molecule has 1 aromatic heterocycles. The Labute approximate surface area is 112 Å². The summed E-state index contributed by atoms with van der Waals surface area (Å²) < 4.78 is 32.1. The SMILES string of the molecule is CCC1OCCC1CNS(=O)(=O)c1cnc(N)nc1. The summed E-state index contributed by atoms with van der Waals surface area (Å²) in [6, 6.07) is 0. The summed E-state index contributed by atoms with van der Waals surface area (Å²) in [5.41, 5.74) is 5.33. The Kier molecular flexibility index (Phi) is 4.33. The van der Waals surface area contributed by atoms with E-state index >= 15 is 0 Å². The van der Waals surface area contributed by atoms with Gasteiger partial charge in [0.15, 0.2) is 0 Å². The van der Waals surface area contributed by atoms with E-state index in [1.54, 1.807) is 0 Å². The Bertz CT molecular complexity index is 517. The zero-order valence-electron chi connectivity index (χ0n) is 10.7. The van der Waals surface area contributed by atoms with Gasteiger partial charge in [0, 0.05) is 19.1 Å². The van der Waals surface area contributed by atoms with Gasteiger partial charge >= 0.3 is 0 Å². The lowest BCUT2D eigenvalue weighted by Crippen LogP contribution is -2.32. The van der Waals surface area contributed by atoms with E-state index in [1.807, 2.05) is 6.92 Å². The molecule has 2 atom stereocenters. The second kappa shape index (κ2) is 5.81. The molecule has 0 bridgehead atoms. The van der Waals surface area contributed by atoms with Crippen LogP contribution in [0, 0.1) is 5.92 Å². The molecule has 0 aliphatic carbocycles. The monoisotopic (exact) mass is 286 g/mol. The van der Waals surface area contributed by atoms with Crippen molar-refractivity contribution < 1.29 is 13.2 Å². The molecule has 7 nitrogen and oxygen atoms in total. The molecule has 8 heteroatoms. The second-order valence-electron chi connectivity index (χ2n) is 4.50. The Hall–Kier alpha value is -1.25. The molecule has 106 valence electrons. The van der Waals surface area contributed by atoms with Crippen LogP contribution in [-0.2, 0) is 14.8 Å². The van der Waals surface area contributed by atoms with Crippen LogP contribution in [0.4, 0.5) is 5.95 Å². The van der Waals surface area contributed by atoms with Crippen molar-refractivity contribution in [1.82, 2.24) is 14.7 Å². The van der Waals surface area contributed by atoms with E-state index in [1.165, 1.54) is 12.4 Å². The van der Waals surface area contributed by atoms with E-state index in [0.717, 1.165) is 12.8 Å². The highest BCUT2D eigenvalue weighted by molar-refractivity contribution is 7.89. The third kappa shape index (κ3) is 3.40. The number of hydrogen-bond acceptors (Lipinski definition) is 6. The van der Waals surface area contributed by atoms with Crippen molar-refractivity contribution in [3.63, 3.8) is 0 Å². The third-order valence-corrected chi connectivity index (χ3v) is 4.62. The first-order valence-electron chi connectivity index (χ1n) is 6.21. The van der Waals surface area contributed by atoms with Gasteiger partial charge in [-0.05, 0) is 12.8 Å². The Morgan fingerprint density at radius 2 is 2.16 bits per heavy atom. The maximum Gasteiger partial charge on any atom is 0.243 e. The standard InChI is InChI=1S/C11H18N4O3S/c1-2-10-8(3-4-18-10)5-15-19(16,17)9-6-13-11(12)14-7-9/h6-8,10,15H,2-5H2,1H3,(H2,12,13,14). The molecule has 1 aliphatic heterocycles. The van der Waals surface area contributed by atoms with Gasteiger partial charge < -0.3 is 10.5 Å². The van der Waals surface area contributed by atoms with Crippen molar-refractivity contribution >= 4 is 16.0 Å². The Balaban J connectivity index is 2.00. The molecule has 1 saturated heterocycles. The van der Waals surface area contributed by atoms with E-state index < -0.39 is 10.0 Å². The van der Waals surface area contributed by atoms with Crippen molar-refractivity contribution in [1.29, 1.82) is 0 Å². The molecule has 0 radical (unpaired) electrons. The first kappa shape index (κ1) is 14.2. The van der Waals surface area contributed by atoms with Crippen LogP contribution >= 0.6 is 0 Å². The molecule has 2 heterocycles. The van der Waals surface area contributed by atoms with Gasteiger partial charge in [-0.1, -0.05) is 6.92 Å². The molecule has 0 spiro atoms. The molecular formula is C11H18N4O3S. The first-order chi connectivity index (χ1) is 9.03. The Morgan fingerprint density at radius 3 is 2.79 bits per heavy atom. The van der Waals surface area contributed by atoms with Crippen molar-refractivity contribution in [2.75, 3.05) is 18.9 Å². The normalized spacial score (nSPS) is 23.6. The fraction of sp³-hybridized carbons (Fsp3) is 0.636. The fourth-order valence-corrected chi connectivity index (χ4v) is 3.13. The minimum Gasteiger partial charge on any atom is -0.378 e. The van der Waals surface area contributed by atoms with Gasteiger partial charge in [0.1, 0.15) is 4.90 Å². The maximum atomic E-state index is 12.0. The number of aromatic nitrogens is 2. The van der Waals surface area contributed by atoms with Crippen LogP contribution in [0.5, 0.6) is 0 Å². The number of sulfonamides is 1. The highest BCUT2D eigenvalue weighted by atomic mass is 32.2. The minimum absolute atomic E-state index is 0.0219. The highest BCUT2D eigenvalue weighted by Gasteiger charge is 2.28. The van der Waals surface area contributed by atoms with Gasteiger partial charge in [-0.25, -0.2) is 23.1 Å². The molecule has 19 heavy (non-hydrogen) atoms. The largest absolute Gasteiger partial charge is 0.378 e. The summed E-state index contributed by atoms with van der Waals surface area (Å²) in [4.78, 5) is 7.38. The Morgan fingerprint density at radius 1 is 1.47 bits per heavy atom. The number of ether oxygens (including phenoxy) is 1. The lowest BCUT2D eigenvalue weighted by atomic mass is 10.0. The number of nitrogens with two attached hydrogens (primary N) is 1. The number of nitrogen functional groups attached to an aromatic ring is 1. The van der Waals surface area contributed by atoms with Crippen LogP contribution in [0.3, 0.4) is 0 Å².